The lowest BCUT2D eigenvalue weighted by Crippen LogP contribution is -2.49. The second kappa shape index (κ2) is 4.73. The van der Waals surface area contributed by atoms with Crippen molar-refractivity contribution in [2.75, 3.05) is 31.9 Å². The zero-order valence-corrected chi connectivity index (χ0v) is 10.1. The summed E-state index contributed by atoms with van der Waals surface area (Å²) in [6.07, 6.45) is 2.21. The lowest BCUT2D eigenvalue weighted by molar-refractivity contribution is 0.164. The Morgan fingerprint density at radius 3 is 3.00 bits per heavy atom. The molecule has 2 unspecified atom stereocenters. The highest BCUT2D eigenvalue weighted by atomic mass is 32.2. The molecule has 0 amide bonds. The van der Waals surface area contributed by atoms with Crippen molar-refractivity contribution in [2.24, 2.45) is 0 Å². The summed E-state index contributed by atoms with van der Waals surface area (Å²) >= 11 is 1.94. The largest absolute Gasteiger partial charge is 0.315 e. The molecule has 0 aliphatic carbocycles. The van der Waals surface area contributed by atoms with E-state index in [0.717, 1.165) is 38.4 Å². The maximum Gasteiger partial charge on any atom is 0.119 e. The fraction of sp³-hybridized carbons (Fsp3) is 0.909. The van der Waals surface area contributed by atoms with Gasteiger partial charge in [-0.2, -0.15) is 17.0 Å². The highest BCUT2D eigenvalue weighted by Crippen LogP contribution is 2.38. The van der Waals surface area contributed by atoms with E-state index in [2.05, 4.69) is 23.2 Å². The van der Waals surface area contributed by atoms with Crippen molar-refractivity contribution in [3.8, 4) is 6.07 Å². The first-order valence-corrected chi connectivity index (χ1v) is 6.80. The highest BCUT2D eigenvalue weighted by molar-refractivity contribution is 8.00. The van der Waals surface area contributed by atoms with Crippen molar-refractivity contribution >= 4 is 11.8 Å². The molecule has 0 aromatic carbocycles. The maximum atomic E-state index is 9.45. The molecule has 0 bridgehead atoms. The van der Waals surface area contributed by atoms with E-state index in [1.54, 1.807) is 0 Å². The normalized spacial score (nSPS) is 38.5. The minimum absolute atomic E-state index is 0.171. The van der Waals surface area contributed by atoms with Gasteiger partial charge in [0.1, 0.15) is 5.54 Å². The zero-order valence-electron chi connectivity index (χ0n) is 9.33. The first-order chi connectivity index (χ1) is 7.27. The zero-order chi connectivity index (χ0) is 10.7. The second-order valence-electron chi connectivity index (χ2n) is 4.56. The number of nitrogens with one attached hydrogen (secondary N) is 1. The number of nitrogens with zero attached hydrogens (tertiary/aromatic N) is 2. The van der Waals surface area contributed by atoms with Crippen LogP contribution in [0.5, 0.6) is 0 Å². The number of hydrogen-bond acceptors (Lipinski definition) is 4. The van der Waals surface area contributed by atoms with Crippen LogP contribution in [0.2, 0.25) is 0 Å². The number of rotatable bonds is 1. The molecule has 0 aromatic rings. The minimum atomic E-state index is -0.171. The number of thioether (sulfide) groups is 1. The van der Waals surface area contributed by atoms with Gasteiger partial charge >= 0.3 is 0 Å². The number of nitriles is 1. The van der Waals surface area contributed by atoms with Gasteiger partial charge in [-0.05, 0) is 19.4 Å². The van der Waals surface area contributed by atoms with Crippen molar-refractivity contribution < 1.29 is 0 Å². The van der Waals surface area contributed by atoms with Crippen LogP contribution in [0.25, 0.3) is 0 Å². The van der Waals surface area contributed by atoms with E-state index >= 15 is 0 Å². The van der Waals surface area contributed by atoms with Gasteiger partial charge in [-0.15, -0.1) is 0 Å². The third-order valence-corrected chi connectivity index (χ3v) is 4.77. The average Bonchev–Trinajstić information content (AvgIpc) is 2.49. The highest BCUT2D eigenvalue weighted by Gasteiger charge is 2.43. The standard InChI is InChI=1S/C11H19N3S/c1-10-7-11(8-12,9-15-10)14-5-2-3-13-4-6-14/h10,13H,2-7,9H2,1H3. The van der Waals surface area contributed by atoms with Crippen molar-refractivity contribution in [3.05, 3.63) is 0 Å². The summed E-state index contributed by atoms with van der Waals surface area (Å²) in [5.74, 6) is 0.991. The van der Waals surface area contributed by atoms with Crippen LogP contribution >= 0.6 is 11.8 Å². The quantitative estimate of drug-likeness (QED) is 0.724. The topological polar surface area (TPSA) is 39.1 Å². The molecule has 2 aliphatic rings. The minimum Gasteiger partial charge on any atom is -0.315 e. The Kier molecular flexibility index (Phi) is 3.55. The summed E-state index contributed by atoms with van der Waals surface area (Å²) in [5.41, 5.74) is -0.171. The van der Waals surface area contributed by atoms with Crippen LogP contribution in [0.1, 0.15) is 19.8 Å². The van der Waals surface area contributed by atoms with E-state index in [1.165, 1.54) is 6.42 Å². The molecule has 0 saturated carbocycles. The SMILES string of the molecule is CC1CC(C#N)(N2CCCNCC2)CS1. The molecule has 0 radical (unpaired) electrons. The molecule has 1 N–H and O–H groups in total. The van der Waals surface area contributed by atoms with Crippen LogP contribution in [0.15, 0.2) is 0 Å². The third-order valence-electron chi connectivity index (χ3n) is 3.39. The van der Waals surface area contributed by atoms with E-state index < -0.39 is 0 Å². The summed E-state index contributed by atoms with van der Waals surface area (Å²) < 4.78 is 0. The van der Waals surface area contributed by atoms with E-state index in [1.807, 2.05) is 11.8 Å². The van der Waals surface area contributed by atoms with Crippen molar-refractivity contribution in [3.63, 3.8) is 0 Å². The Balaban J connectivity index is 2.08. The van der Waals surface area contributed by atoms with Gasteiger partial charge in [-0.1, -0.05) is 6.92 Å². The predicted octanol–water partition coefficient (Wildman–Crippen LogP) is 1.07. The summed E-state index contributed by atoms with van der Waals surface area (Å²) in [5, 5.41) is 13.5. The Hall–Kier alpha value is -0.240. The molecule has 4 heteroatoms. The molecule has 0 spiro atoms. The van der Waals surface area contributed by atoms with Gasteiger partial charge in [0.2, 0.25) is 0 Å². The molecule has 2 rings (SSSR count). The van der Waals surface area contributed by atoms with Crippen molar-refractivity contribution in [2.45, 2.75) is 30.6 Å². The van der Waals surface area contributed by atoms with Gasteiger partial charge in [0, 0.05) is 30.6 Å². The first-order valence-electron chi connectivity index (χ1n) is 5.75. The van der Waals surface area contributed by atoms with Crippen LogP contribution in [0.3, 0.4) is 0 Å². The van der Waals surface area contributed by atoms with Gasteiger partial charge in [0.15, 0.2) is 0 Å². The van der Waals surface area contributed by atoms with Crippen LogP contribution in [-0.2, 0) is 0 Å². The molecule has 2 aliphatic heterocycles. The van der Waals surface area contributed by atoms with Crippen LogP contribution in [0, 0.1) is 11.3 Å². The lowest BCUT2D eigenvalue weighted by atomic mass is 9.95. The maximum absolute atomic E-state index is 9.45. The van der Waals surface area contributed by atoms with Gasteiger partial charge in [-0.3, -0.25) is 4.90 Å². The van der Waals surface area contributed by atoms with Crippen LogP contribution < -0.4 is 5.32 Å². The van der Waals surface area contributed by atoms with Gasteiger partial charge < -0.3 is 5.32 Å². The average molecular weight is 225 g/mol. The fourth-order valence-electron chi connectivity index (χ4n) is 2.52. The van der Waals surface area contributed by atoms with E-state index in [9.17, 15) is 5.26 Å². The molecular weight excluding hydrogens is 206 g/mol. The molecule has 2 atom stereocenters. The van der Waals surface area contributed by atoms with E-state index in [0.29, 0.717) is 5.25 Å². The third kappa shape index (κ3) is 2.30. The Morgan fingerprint density at radius 2 is 2.33 bits per heavy atom. The molecule has 2 fully saturated rings. The van der Waals surface area contributed by atoms with E-state index in [-0.39, 0.29) is 5.54 Å². The smallest absolute Gasteiger partial charge is 0.119 e. The molecule has 3 nitrogen and oxygen atoms in total. The molecule has 0 aromatic heterocycles. The monoisotopic (exact) mass is 225 g/mol. The van der Waals surface area contributed by atoms with E-state index in [4.69, 9.17) is 0 Å². The first kappa shape index (κ1) is 11.3. The summed E-state index contributed by atoms with van der Waals surface area (Å²) in [6.45, 7) is 6.47. The molecule has 84 valence electrons. The fourth-order valence-corrected chi connectivity index (χ4v) is 3.84. The van der Waals surface area contributed by atoms with Gasteiger partial charge in [0.05, 0.1) is 6.07 Å². The van der Waals surface area contributed by atoms with Gasteiger partial charge in [0.25, 0.3) is 0 Å². The molecule has 2 saturated heterocycles. The molecule has 2 heterocycles. The molecular formula is C11H19N3S. The Morgan fingerprint density at radius 1 is 1.47 bits per heavy atom. The summed E-state index contributed by atoms with van der Waals surface area (Å²) in [4.78, 5) is 2.41. The Labute approximate surface area is 96.2 Å². The number of hydrogen-bond donors (Lipinski definition) is 1. The van der Waals surface area contributed by atoms with Crippen LogP contribution in [-0.4, -0.2) is 47.6 Å². The van der Waals surface area contributed by atoms with Crippen molar-refractivity contribution in [1.82, 2.24) is 10.2 Å². The lowest BCUT2D eigenvalue weighted by Gasteiger charge is -2.34. The van der Waals surface area contributed by atoms with Gasteiger partial charge in [-0.25, -0.2) is 0 Å². The summed E-state index contributed by atoms with van der Waals surface area (Å²) in [6, 6.07) is 2.58. The van der Waals surface area contributed by atoms with Crippen LogP contribution in [0.4, 0.5) is 0 Å². The Bertz CT molecular complexity index is 255. The second-order valence-corrected chi connectivity index (χ2v) is 5.99. The van der Waals surface area contributed by atoms with Crippen molar-refractivity contribution in [1.29, 1.82) is 5.26 Å². The summed E-state index contributed by atoms with van der Waals surface area (Å²) in [7, 11) is 0. The predicted molar refractivity (Wildman–Crippen MR) is 63.9 cm³/mol. The molecule has 15 heavy (non-hydrogen) atoms.